The predicted octanol–water partition coefficient (Wildman–Crippen LogP) is -6.98. The monoisotopic (exact) mass is 150 g/mol. The summed E-state index contributed by atoms with van der Waals surface area (Å²) in [5.74, 6) is 0.127. The molecule has 5 nitrogen and oxygen atoms in total. The van der Waals surface area contributed by atoms with Crippen molar-refractivity contribution < 1.29 is 22.3 Å². The molecule has 5 N–H and O–H groups in total. The fourth-order valence-electron chi connectivity index (χ4n) is 0.445. The fourth-order valence-corrected chi connectivity index (χ4v) is 0.445. The van der Waals surface area contributed by atoms with Crippen molar-refractivity contribution in [2.24, 2.45) is 5.73 Å². The fraction of sp³-hybridized carbons (Fsp3) is 0.333. The number of hydrogen-bond acceptors (Lipinski definition) is 3. The summed E-state index contributed by atoms with van der Waals surface area (Å²) in [5, 5.41) is 4.89. The van der Waals surface area contributed by atoms with E-state index in [4.69, 9.17) is 5.73 Å². The van der Waals surface area contributed by atoms with Gasteiger partial charge in [-0.05, 0) is 0 Å². The summed E-state index contributed by atoms with van der Waals surface area (Å²) in [6.45, 7) is 0.265. The Morgan fingerprint density at radius 1 is 1.67 bits per heavy atom. The highest BCUT2D eigenvalue weighted by atomic mass is 35.5. The number of carbonyl (C=O) groups is 1. The molecule has 6 heteroatoms. The van der Waals surface area contributed by atoms with Crippen molar-refractivity contribution in [3.63, 3.8) is 0 Å². The van der Waals surface area contributed by atoms with E-state index < -0.39 is 0 Å². The Morgan fingerprint density at radius 2 is 2.33 bits per heavy atom. The highest BCUT2D eigenvalue weighted by molar-refractivity contribution is 5.95. The molecule has 1 heterocycles. The Morgan fingerprint density at radius 3 is 2.67 bits per heavy atom. The summed E-state index contributed by atoms with van der Waals surface area (Å²) in [6.07, 6.45) is 0. The summed E-state index contributed by atoms with van der Waals surface area (Å²) >= 11 is 0. The van der Waals surface area contributed by atoms with E-state index in [0.29, 0.717) is 0 Å². The number of nitrogens with one attached hydrogen (secondary N) is 3. The van der Waals surface area contributed by atoms with Crippen LogP contribution in [0.3, 0.4) is 0 Å². The standard InChI is InChI=1S/C3H6N4O.ClH/c4-3-6-2(8)1-5-7-3;/h5H,1H2,(H3,4,6,7,8);1H. The highest BCUT2D eigenvalue weighted by Crippen LogP contribution is 1.57. The largest absolute Gasteiger partial charge is 1.00 e. The van der Waals surface area contributed by atoms with Crippen molar-refractivity contribution in [3.8, 4) is 0 Å². The third-order valence-corrected chi connectivity index (χ3v) is 0.746. The molecule has 52 valence electrons. The van der Waals surface area contributed by atoms with Crippen LogP contribution in [0.5, 0.6) is 0 Å². The number of carbonyl (C=O) groups excluding carboxylic acids is 1. The van der Waals surface area contributed by atoms with E-state index >= 15 is 0 Å². The molecule has 9 heavy (non-hydrogen) atoms. The number of hydrogen-bond donors (Lipinski definition) is 4. The molecule has 0 saturated heterocycles. The van der Waals surface area contributed by atoms with Crippen LogP contribution in [0.1, 0.15) is 0 Å². The molecule has 1 rings (SSSR count). The molecule has 0 radical (unpaired) electrons. The molecule has 0 aromatic carbocycles. The van der Waals surface area contributed by atoms with Gasteiger partial charge < -0.3 is 12.4 Å². The van der Waals surface area contributed by atoms with Crippen molar-refractivity contribution in [2.75, 3.05) is 6.54 Å². The van der Waals surface area contributed by atoms with E-state index in [2.05, 4.69) is 15.8 Å². The maximum absolute atomic E-state index is 10.4. The predicted molar refractivity (Wildman–Crippen MR) is 26.3 cm³/mol. The van der Waals surface area contributed by atoms with Gasteiger partial charge in [0, 0.05) is 0 Å². The molecular formula is C3H7ClN4O. The van der Waals surface area contributed by atoms with Crippen LogP contribution in [0.25, 0.3) is 0 Å². The van der Waals surface area contributed by atoms with Gasteiger partial charge in [0.15, 0.2) is 0 Å². The lowest BCUT2D eigenvalue weighted by Crippen LogP contribution is -3.00. The molecule has 1 aliphatic rings. The molecule has 0 aromatic heterocycles. The van der Waals surface area contributed by atoms with Gasteiger partial charge in [-0.3, -0.25) is 16.0 Å². The second kappa shape index (κ2) is 3.13. The number of rotatable bonds is 0. The van der Waals surface area contributed by atoms with E-state index in [1.165, 1.54) is 0 Å². The molecule has 0 aliphatic carbocycles. The van der Waals surface area contributed by atoms with Crippen LogP contribution in [-0.4, -0.2) is 18.4 Å². The number of amides is 1. The van der Waals surface area contributed by atoms with Crippen LogP contribution in [0.15, 0.2) is 0 Å². The molecule has 0 atom stereocenters. The summed E-state index contributed by atoms with van der Waals surface area (Å²) < 4.78 is 0. The maximum Gasteiger partial charge on any atom is 0.370 e. The van der Waals surface area contributed by atoms with Gasteiger partial charge in [-0.1, -0.05) is 0 Å². The molecule has 1 aliphatic heterocycles. The lowest BCUT2D eigenvalue weighted by molar-refractivity contribution is -0.529. The lowest BCUT2D eigenvalue weighted by Gasteiger charge is -2.03. The zero-order valence-electron chi connectivity index (χ0n) is 4.57. The quantitative estimate of drug-likeness (QED) is 0.277. The Labute approximate surface area is 58.1 Å². The van der Waals surface area contributed by atoms with Gasteiger partial charge in [0.25, 0.3) is 0 Å². The van der Waals surface area contributed by atoms with Crippen molar-refractivity contribution >= 4 is 11.9 Å². The normalized spacial score (nSPS) is 16.4. The van der Waals surface area contributed by atoms with Crippen molar-refractivity contribution in [2.45, 2.75) is 0 Å². The molecule has 0 spiro atoms. The van der Waals surface area contributed by atoms with Crippen LogP contribution >= 0.6 is 0 Å². The minimum absolute atomic E-state index is 0. The topological polar surface area (TPSA) is 81.1 Å². The zero-order chi connectivity index (χ0) is 5.98. The maximum atomic E-state index is 10.4. The first-order valence-corrected chi connectivity index (χ1v) is 2.20. The molecule has 0 fully saturated rings. The number of hydrazone groups is 1. The Balaban J connectivity index is 0.000000640. The van der Waals surface area contributed by atoms with Gasteiger partial charge in [0.05, 0.1) is 0 Å². The number of guanidine groups is 1. The van der Waals surface area contributed by atoms with Crippen molar-refractivity contribution in [3.05, 3.63) is 0 Å². The minimum atomic E-state index is -0.124. The van der Waals surface area contributed by atoms with Gasteiger partial charge in [0.1, 0.15) is 6.54 Å². The van der Waals surface area contributed by atoms with Gasteiger partial charge in [-0.2, -0.15) is 5.10 Å². The lowest BCUT2D eigenvalue weighted by atomic mass is 10.6. The molecule has 1 amide bonds. The average Bonchev–Trinajstić information content (AvgIpc) is 1.64. The highest BCUT2D eigenvalue weighted by Gasteiger charge is 2.11. The average molecular weight is 151 g/mol. The Hall–Kier alpha value is -0.970. The molecule has 0 unspecified atom stereocenters. The van der Waals surface area contributed by atoms with Crippen LogP contribution in [0.2, 0.25) is 0 Å². The summed E-state index contributed by atoms with van der Waals surface area (Å²) in [7, 11) is 0. The van der Waals surface area contributed by atoms with Crippen molar-refractivity contribution in [1.82, 2.24) is 10.7 Å². The number of halogens is 1. The van der Waals surface area contributed by atoms with Gasteiger partial charge >= 0.3 is 11.9 Å². The zero-order valence-corrected chi connectivity index (χ0v) is 5.33. The summed E-state index contributed by atoms with van der Waals surface area (Å²) in [6, 6.07) is 0. The molecule has 0 aromatic rings. The van der Waals surface area contributed by atoms with Crippen LogP contribution < -0.4 is 34.0 Å². The summed E-state index contributed by atoms with van der Waals surface area (Å²) in [4.78, 5) is 10.4. The Bertz CT molecular complexity index is 145. The first-order chi connectivity index (χ1) is 3.79. The number of hydrazine groups is 1. The minimum Gasteiger partial charge on any atom is -1.00 e. The van der Waals surface area contributed by atoms with E-state index in [0.717, 1.165) is 0 Å². The number of nitrogens with two attached hydrogens (primary N) is 1. The smallest absolute Gasteiger partial charge is 0.370 e. The first kappa shape index (κ1) is 8.03. The van der Waals surface area contributed by atoms with E-state index in [9.17, 15) is 4.79 Å². The Kier molecular flexibility index (Phi) is 2.80. The third-order valence-electron chi connectivity index (χ3n) is 0.746. The van der Waals surface area contributed by atoms with Crippen molar-refractivity contribution in [1.29, 1.82) is 0 Å². The molecule has 0 saturated carbocycles. The SMILES string of the molecule is NC1=[NH+]NCC(=O)N1.[Cl-]. The van der Waals surface area contributed by atoms with E-state index in [1.54, 1.807) is 0 Å². The van der Waals surface area contributed by atoms with E-state index in [1.807, 2.05) is 0 Å². The second-order valence-electron chi connectivity index (χ2n) is 1.44. The van der Waals surface area contributed by atoms with Crippen LogP contribution in [0, 0.1) is 0 Å². The first-order valence-electron chi connectivity index (χ1n) is 2.20. The van der Waals surface area contributed by atoms with Gasteiger partial charge in [-0.15, -0.1) is 0 Å². The van der Waals surface area contributed by atoms with Crippen LogP contribution in [-0.2, 0) is 4.79 Å². The summed E-state index contributed by atoms with van der Waals surface area (Å²) in [5.41, 5.74) is 7.70. The molecule has 0 bridgehead atoms. The third kappa shape index (κ3) is 2.18. The van der Waals surface area contributed by atoms with Crippen LogP contribution in [0.4, 0.5) is 0 Å². The second-order valence-corrected chi connectivity index (χ2v) is 1.44. The molecular weight excluding hydrogens is 144 g/mol. The van der Waals surface area contributed by atoms with E-state index in [-0.39, 0.29) is 30.8 Å². The van der Waals surface area contributed by atoms with Gasteiger partial charge in [0.2, 0.25) is 0 Å². The van der Waals surface area contributed by atoms with Gasteiger partial charge in [-0.25, -0.2) is 5.32 Å².